The highest BCUT2D eigenvalue weighted by Gasteiger charge is 2.22. The Morgan fingerprint density at radius 3 is 2.76 bits per heavy atom. The number of amides is 1. The molecule has 0 radical (unpaired) electrons. The number of aromatic amines is 1. The van der Waals surface area contributed by atoms with Crippen LogP contribution in [0.5, 0.6) is 0 Å². The molecule has 4 aromatic heterocycles. The molecule has 0 saturated carbocycles. The van der Waals surface area contributed by atoms with Crippen LogP contribution in [-0.2, 0) is 21.2 Å². The molecular weight excluding hydrogens is 464 g/mol. The van der Waals surface area contributed by atoms with Crippen molar-refractivity contribution in [3.05, 3.63) is 42.6 Å². The number of nitrogens with one attached hydrogen (secondary N) is 3. The maximum absolute atomic E-state index is 12.7. The number of sulfonamides is 1. The van der Waals surface area contributed by atoms with Crippen molar-refractivity contribution in [2.45, 2.75) is 37.6 Å². The van der Waals surface area contributed by atoms with Crippen LogP contribution in [0.25, 0.3) is 16.8 Å². The number of anilines is 1. The normalized spacial score (nSPS) is 12.1. The predicted octanol–water partition coefficient (Wildman–Crippen LogP) is 1.17. The van der Waals surface area contributed by atoms with E-state index in [4.69, 9.17) is 4.74 Å². The molecule has 4 heterocycles. The standard InChI is InChI=1S/C19H22N10O4S/c1-19(2,3)26-34(31,32)14-8-13(10-20-11-14)12-4-6-29-16(9-12)21-17(25-29)22-18(30)33-7-5-15-23-27-28-24-15/h4,6,8-11,26H,5,7H2,1-3H3,(H,22,25,30)(H,23,24,27,28). The highest BCUT2D eigenvalue weighted by atomic mass is 32.2. The number of hydrogen-bond donors (Lipinski definition) is 3. The van der Waals surface area contributed by atoms with Crippen LogP contribution in [0.2, 0.25) is 0 Å². The van der Waals surface area contributed by atoms with E-state index in [-0.39, 0.29) is 17.5 Å². The lowest BCUT2D eigenvalue weighted by Gasteiger charge is -2.20. The molecule has 15 heteroatoms. The van der Waals surface area contributed by atoms with Gasteiger partial charge in [0.25, 0.3) is 5.95 Å². The minimum absolute atomic E-state index is 0.0484. The Bertz CT molecular complexity index is 1410. The first-order chi connectivity index (χ1) is 16.1. The molecule has 4 aromatic rings. The molecule has 34 heavy (non-hydrogen) atoms. The molecule has 0 saturated heterocycles. The molecule has 178 valence electrons. The highest BCUT2D eigenvalue weighted by molar-refractivity contribution is 7.89. The fourth-order valence-electron chi connectivity index (χ4n) is 2.95. The Balaban J connectivity index is 1.47. The van der Waals surface area contributed by atoms with E-state index in [9.17, 15) is 13.2 Å². The average molecular weight is 487 g/mol. The highest BCUT2D eigenvalue weighted by Crippen LogP contribution is 2.23. The fraction of sp³-hybridized carbons (Fsp3) is 0.316. The van der Waals surface area contributed by atoms with Crippen molar-refractivity contribution in [3.63, 3.8) is 0 Å². The minimum Gasteiger partial charge on any atom is -0.449 e. The SMILES string of the molecule is CC(C)(C)NS(=O)(=O)c1cncc(-c2ccn3nc(NC(=O)OCCc4nnn[nH]4)nc3c2)c1. The number of aromatic nitrogens is 8. The number of hydrogen-bond acceptors (Lipinski definition) is 10. The number of fused-ring (bicyclic) bond motifs is 1. The molecule has 0 aliphatic carbocycles. The van der Waals surface area contributed by atoms with Crippen LogP contribution in [0, 0.1) is 0 Å². The third-order valence-electron chi connectivity index (χ3n) is 4.31. The zero-order valence-electron chi connectivity index (χ0n) is 18.6. The largest absolute Gasteiger partial charge is 0.449 e. The molecule has 0 bridgehead atoms. The summed E-state index contributed by atoms with van der Waals surface area (Å²) in [6.07, 6.45) is 4.09. The Hall–Kier alpha value is -3.98. The second-order valence-corrected chi connectivity index (χ2v) is 9.96. The second kappa shape index (κ2) is 9.11. The summed E-state index contributed by atoms with van der Waals surface area (Å²) < 4.78 is 34.4. The number of ether oxygens (including phenoxy) is 1. The Kier molecular flexibility index (Phi) is 6.21. The van der Waals surface area contributed by atoms with Crippen molar-refractivity contribution >= 4 is 27.7 Å². The lowest BCUT2D eigenvalue weighted by Crippen LogP contribution is -2.40. The van der Waals surface area contributed by atoms with E-state index >= 15 is 0 Å². The monoisotopic (exact) mass is 486 g/mol. The van der Waals surface area contributed by atoms with E-state index in [0.29, 0.717) is 29.0 Å². The number of tetrazole rings is 1. The molecule has 4 rings (SSSR count). The first kappa shape index (κ1) is 23.2. The van der Waals surface area contributed by atoms with Gasteiger partial charge in [0.1, 0.15) is 11.5 Å². The Morgan fingerprint density at radius 2 is 2.03 bits per heavy atom. The van der Waals surface area contributed by atoms with Gasteiger partial charge in [-0.2, -0.15) is 4.98 Å². The number of carbonyl (C=O) groups is 1. The molecule has 0 atom stereocenters. The number of H-pyrrole nitrogens is 1. The van der Waals surface area contributed by atoms with Crippen LogP contribution in [0.1, 0.15) is 26.6 Å². The van der Waals surface area contributed by atoms with Crippen LogP contribution in [0.3, 0.4) is 0 Å². The van der Waals surface area contributed by atoms with Gasteiger partial charge in [0, 0.05) is 36.1 Å². The maximum atomic E-state index is 12.7. The Labute approximate surface area is 194 Å². The number of carbonyl (C=O) groups excluding carboxylic acids is 1. The summed E-state index contributed by atoms with van der Waals surface area (Å²) in [5, 5.41) is 19.8. The first-order valence-electron chi connectivity index (χ1n) is 10.1. The van der Waals surface area contributed by atoms with E-state index in [1.165, 1.54) is 16.8 Å². The van der Waals surface area contributed by atoms with Crippen molar-refractivity contribution < 1.29 is 17.9 Å². The van der Waals surface area contributed by atoms with Crippen molar-refractivity contribution in [2.75, 3.05) is 11.9 Å². The summed E-state index contributed by atoms with van der Waals surface area (Å²) in [4.78, 5) is 20.4. The van der Waals surface area contributed by atoms with Gasteiger partial charge in [-0.05, 0) is 55.0 Å². The number of pyridine rings is 2. The quantitative estimate of drug-likeness (QED) is 0.343. The predicted molar refractivity (Wildman–Crippen MR) is 119 cm³/mol. The maximum Gasteiger partial charge on any atom is 0.414 e. The van der Waals surface area contributed by atoms with Gasteiger partial charge in [-0.25, -0.2) is 27.5 Å². The molecule has 0 aliphatic heterocycles. The van der Waals surface area contributed by atoms with Gasteiger partial charge in [-0.3, -0.25) is 10.3 Å². The van der Waals surface area contributed by atoms with E-state index in [1.54, 1.807) is 45.3 Å². The summed E-state index contributed by atoms with van der Waals surface area (Å²) in [5.74, 6) is 0.541. The molecule has 14 nitrogen and oxygen atoms in total. The van der Waals surface area contributed by atoms with Crippen LogP contribution in [0.15, 0.2) is 41.7 Å². The van der Waals surface area contributed by atoms with Gasteiger partial charge in [0.05, 0.1) is 0 Å². The molecule has 0 spiro atoms. The van der Waals surface area contributed by atoms with Gasteiger partial charge in [0.15, 0.2) is 11.5 Å². The lowest BCUT2D eigenvalue weighted by atomic mass is 10.1. The molecule has 0 aliphatic rings. The molecule has 1 amide bonds. The number of nitrogens with zero attached hydrogens (tertiary/aromatic N) is 7. The zero-order chi connectivity index (χ0) is 24.3. The zero-order valence-corrected chi connectivity index (χ0v) is 19.4. The second-order valence-electron chi connectivity index (χ2n) is 8.28. The van der Waals surface area contributed by atoms with Crippen LogP contribution >= 0.6 is 0 Å². The van der Waals surface area contributed by atoms with Crippen LogP contribution in [0.4, 0.5) is 10.7 Å². The Morgan fingerprint density at radius 1 is 1.21 bits per heavy atom. The lowest BCUT2D eigenvalue weighted by molar-refractivity contribution is 0.162. The van der Waals surface area contributed by atoms with E-state index in [0.717, 1.165) is 0 Å². The minimum atomic E-state index is -3.74. The van der Waals surface area contributed by atoms with Gasteiger partial charge in [-0.1, -0.05) is 0 Å². The summed E-state index contributed by atoms with van der Waals surface area (Å²) in [6, 6.07) is 4.97. The molecule has 0 aromatic carbocycles. The first-order valence-corrected chi connectivity index (χ1v) is 11.6. The summed E-state index contributed by atoms with van der Waals surface area (Å²) in [6.45, 7) is 5.35. The van der Waals surface area contributed by atoms with E-state index in [1.807, 2.05) is 0 Å². The smallest absolute Gasteiger partial charge is 0.414 e. The summed E-state index contributed by atoms with van der Waals surface area (Å²) in [7, 11) is -3.74. The van der Waals surface area contributed by atoms with Crippen molar-refractivity contribution in [3.8, 4) is 11.1 Å². The molecule has 0 unspecified atom stereocenters. The van der Waals surface area contributed by atoms with Gasteiger partial charge >= 0.3 is 6.09 Å². The fourth-order valence-corrected chi connectivity index (χ4v) is 4.36. The third-order valence-corrected chi connectivity index (χ3v) is 6.03. The molecule has 0 fully saturated rings. The third kappa shape index (κ3) is 5.68. The van der Waals surface area contributed by atoms with Crippen molar-refractivity contribution in [2.24, 2.45) is 0 Å². The topological polar surface area (TPSA) is 182 Å². The van der Waals surface area contributed by atoms with E-state index in [2.05, 4.69) is 45.7 Å². The van der Waals surface area contributed by atoms with Crippen LogP contribution < -0.4 is 10.0 Å². The summed E-state index contributed by atoms with van der Waals surface area (Å²) in [5.41, 5.74) is 1.06. The molecular formula is C19H22N10O4S. The van der Waals surface area contributed by atoms with Gasteiger partial charge in [0.2, 0.25) is 10.0 Å². The average Bonchev–Trinajstić information content (AvgIpc) is 3.41. The van der Waals surface area contributed by atoms with Crippen molar-refractivity contribution in [1.29, 1.82) is 0 Å². The van der Waals surface area contributed by atoms with Gasteiger partial charge < -0.3 is 4.74 Å². The molecule has 3 N–H and O–H groups in total. The van der Waals surface area contributed by atoms with Gasteiger partial charge in [-0.15, -0.1) is 10.2 Å². The summed E-state index contributed by atoms with van der Waals surface area (Å²) >= 11 is 0. The van der Waals surface area contributed by atoms with Crippen LogP contribution in [-0.4, -0.2) is 66.9 Å². The van der Waals surface area contributed by atoms with Crippen molar-refractivity contribution in [1.82, 2.24) is 44.9 Å². The van der Waals surface area contributed by atoms with E-state index < -0.39 is 21.7 Å². The number of rotatable bonds is 7.